The maximum Gasteiger partial charge on any atom is 0.244 e. The standard InChI is InChI=1S/C16H27N3O3S.ClH/c1-6-10-16(5,17)14(20)18-12-8-7-9-13(11-12)23(21,22)19-15(2,3)4;/h7-9,11,19H,6,10,17H2,1-5H3,(H,18,20);1H. The second-order valence-corrected chi connectivity index (χ2v) is 8.69. The molecule has 0 aliphatic heterocycles. The van der Waals surface area contributed by atoms with Gasteiger partial charge in [0.1, 0.15) is 0 Å². The van der Waals surface area contributed by atoms with E-state index in [-0.39, 0.29) is 23.2 Å². The highest BCUT2D eigenvalue weighted by molar-refractivity contribution is 7.89. The molecule has 1 unspecified atom stereocenters. The molecule has 0 bridgehead atoms. The molecule has 0 aliphatic rings. The van der Waals surface area contributed by atoms with Crippen molar-refractivity contribution in [3.63, 3.8) is 0 Å². The molecule has 0 saturated carbocycles. The van der Waals surface area contributed by atoms with Crippen LogP contribution in [0, 0.1) is 0 Å². The topological polar surface area (TPSA) is 101 Å². The Kier molecular flexibility index (Phi) is 7.89. The van der Waals surface area contributed by atoms with Gasteiger partial charge in [0, 0.05) is 11.2 Å². The smallest absolute Gasteiger partial charge is 0.244 e. The number of hydrogen-bond acceptors (Lipinski definition) is 4. The van der Waals surface area contributed by atoms with Crippen molar-refractivity contribution in [2.24, 2.45) is 5.73 Å². The number of nitrogens with two attached hydrogens (primary N) is 1. The van der Waals surface area contributed by atoms with Gasteiger partial charge in [-0.1, -0.05) is 19.4 Å². The normalized spacial score (nSPS) is 14.4. The highest BCUT2D eigenvalue weighted by atomic mass is 35.5. The Morgan fingerprint density at radius 3 is 2.29 bits per heavy atom. The number of rotatable bonds is 6. The summed E-state index contributed by atoms with van der Waals surface area (Å²) in [5.41, 5.74) is 4.80. The van der Waals surface area contributed by atoms with Crippen molar-refractivity contribution in [1.82, 2.24) is 4.72 Å². The summed E-state index contributed by atoms with van der Waals surface area (Å²) in [6.07, 6.45) is 1.33. The minimum atomic E-state index is -3.65. The molecular formula is C16H28ClN3O3S. The Hall–Kier alpha value is -1.15. The Balaban J connectivity index is 0.00000529. The minimum Gasteiger partial charge on any atom is -0.324 e. The Labute approximate surface area is 151 Å². The van der Waals surface area contributed by atoms with Gasteiger partial charge in [0.25, 0.3) is 0 Å². The van der Waals surface area contributed by atoms with Crippen LogP contribution >= 0.6 is 12.4 Å². The van der Waals surface area contributed by atoms with E-state index >= 15 is 0 Å². The average molecular weight is 378 g/mol. The molecule has 0 aromatic heterocycles. The van der Waals surface area contributed by atoms with Crippen molar-refractivity contribution in [2.45, 2.75) is 63.4 Å². The van der Waals surface area contributed by atoms with Gasteiger partial charge in [0.15, 0.2) is 0 Å². The van der Waals surface area contributed by atoms with E-state index in [4.69, 9.17) is 5.73 Å². The van der Waals surface area contributed by atoms with Gasteiger partial charge in [-0.2, -0.15) is 0 Å². The molecule has 0 aliphatic carbocycles. The summed E-state index contributed by atoms with van der Waals surface area (Å²) in [6, 6.07) is 6.13. The van der Waals surface area contributed by atoms with E-state index in [0.717, 1.165) is 6.42 Å². The number of carbonyl (C=O) groups excluding carboxylic acids is 1. The summed E-state index contributed by atoms with van der Waals surface area (Å²) in [6.45, 7) is 8.90. The highest BCUT2D eigenvalue weighted by Crippen LogP contribution is 2.19. The number of hydrogen-bond donors (Lipinski definition) is 3. The predicted octanol–water partition coefficient (Wildman–Crippen LogP) is 2.64. The van der Waals surface area contributed by atoms with Crippen LogP contribution in [0.2, 0.25) is 0 Å². The van der Waals surface area contributed by atoms with Gasteiger partial charge in [-0.05, 0) is 52.3 Å². The van der Waals surface area contributed by atoms with Gasteiger partial charge in [-0.25, -0.2) is 13.1 Å². The molecule has 0 radical (unpaired) electrons. The molecule has 138 valence electrons. The first-order valence-electron chi connectivity index (χ1n) is 7.62. The molecule has 1 aromatic carbocycles. The van der Waals surface area contributed by atoms with Gasteiger partial charge in [0.05, 0.1) is 10.4 Å². The zero-order chi connectivity index (χ0) is 17.9. The quantitative estimate of drug-likeness (QED) is 0.709. The number of anilines is 1. The van der Waals surface area contributed by atoms with Crippen LogP contribution < -0.4 is 15.8 Å². The predicted molar refractivity (Wildman–Crippen MR) is 99.9 cm³/mol. The molecule has 0 fully saturated rings. The highest BCUT2D eigenvalue weighted by Gasteiger charge is 2.28. The number of sulfonamides is 1. The third-order valence-electron chi connectivity index (χ3n) is 3.13. The lowest BCUT2D eigenvalue weighted by atomic mass is 9.96. The van der Waals surface area contributed by atoms with Crippen molar-refractivity contribution in [3.05, 3.63) is 24.3 Å². The largest absolute Gasteiger partial charge is 0.324 e. The summed E-state index contributed by atoms with van der Waals surface area (Å²) in [7, 11) is -3.65. The molecule has 0 saturated heterocycles. The molecule has 8 heteroatoms. The maximum atomic E-state index is 12.3. The van der Waals surface area contributed by atoms with E-state index in [2.05, 4.69) is 10.0 Å². The second kappa shape index (κ2) is 8.29. The lowest BCUT2D eigenvalue weighted by Crippen LogP contribution is -2.48. The molecule has 0 spiro atoms. The van der Waals surface area contributed by atoms with Crippen LogP contribution in [0.4, 0.5) is 5.69 Å². The summed E-state index contributed by atoms with van der Waals surface area (Å²) in [5, 5.41) is 2.69. The van der Waals surface area contributed by atoms with Crippen LogP contribution in [0.1, 0.15) is 47.5 Å². The summed E-state index contributed by atoms with van der Waals surface area (Å²) < 4.78 is 27.3. The fraction of sp³-hybridized carbons (Fsp3) is 0.562. The molecular weight excluding hydrogens is 350 g/mol. The molecule has 1 amide bonds. The van der Waals surface area contributed by atoms with E-state index < -0.39 is 21.1 Å². The summed E-state index contributed by atoms with van der Waals surface area (Å²) in [4.78, 5) is 12.3. The van der Waals surface area contributed by atoms with Crippen LogP contribution in [0.25, 0.3) is 0 Å². The second-order valence-electron chi connectivity index (χ2n) is 7.00. The summed E-state index contributed by atoms with van der Waals surface area (Å²) >= 11 is 0. The van der Waals surface area contributed by atoms with Gasteiger partial charge in [0.2, 0.25) is 15.9 Å². The van der Waals surface area contributed by atoms with Crippen molar-refractivity contribution in [2.75, 3.05) is 5.32 Å². The Morgan fingerprint density at radius 2 is 1.79 bits per heavy atom. The molecule has 1 rings (SSSR count). The molecule has 1 aromatic rings. The van der Waals surface area contributed by atoms with Crippen LogP contribution in [-0.4, -0.2) is 25.4 Å². The van der Waals surface area contributed by atoms with E-state index in [0.29, 0.717) is 12.1 Å². The van der Waals surface area contributed by atoms with E-state index in [1.165, 1.54) is 12.1 Å². The van der Waals surface area contributed by atoms with Crippen molar-refractivity contribution >= 4 is 34.0 Å². The monoisotopic (exact) mass is 377 g/mol. The Morgan fingerprint density at radius 1 is 1.21 bits per heavy atom. The number of carbonyl (C=O) groups is 1. The third kappa shape index (κ3) is 6.76. The van der Waals surface area contributed by atoms with Crippen LogP contribution in [0.3, 0.4) is 0 Å². The van der Waals surface area contributed by atoms with E-state index in [1.807, 2.05) is 6.92 Å². The van der Waals surface area contributed by atoms with Crippen molar-refractivity contribution in [1.29, 1.82) is 0 Å². The van der Waals surface area contributed by atoms with Crippen LogP contribution in [0.5, 0.6) is 0 Å². The minimum absolute atomic E-state index is 0. The van der Waals surface area contributed by atoms with Gasteiger partial charge in [-0.3, -0.25) is 4.79 Å². The molecule has 0 heterocycles. The zero-order valence-electron chi connectivity index (χ0n) is 14.8. The zero-order valence-corrected chi connectivity index (χ0v) is 16.5. The van der Waals surface area contributed by atoms with E-state index in [9.17, 15) is 13.2 Å². The SMILES string of the molecule is CCCC(C)(N)C(=O)Nc1cccc(S(=O)(=O)NC(C)(C)C)c1.Cl. The summed E-state index contributed by atoms with van der Waals surface area (Å²) in [5.74, 6) is -0.335. The first-order chi connectivity index (χ1) is 10.4. The number of halogens is 1. The fourth-order valence-corrected chi connectivity index (χ4v) is 3.57. The fourth-order valence-electron chi connectivity index (χ4n) is 2.11. The van der Waals surface area contributed by atoms with Gasteiger partial charge in [-0.15, -0.1) is 12.4 Å². The van der Waals surface area contributed by atoms with E-state index in [1.54, 1.807) is 39.8 Å². The van der Waals surface area contributed by atoms with Crippen molar-refractivity contribution < 1.29 is 13.2 Å². The van der Waals surface area contributed by atoms with Gasteiger partial charge < -0.3 is 11.1 Å². The molecule has 6 nitrogen and oxygen atoms in total. The lowest BCUT2D eigenvalue weighted by Gasteiger charge is -2.23. The lowest BCUT2D eigenvalue weighted by molar-refractivity contribution is -0.120. The van der Waals surface area contributed by atoms with Crippen molar-refractivity contribution in [3.8, 4) is 0 Å². The number of nitrogens with one attached hydrogen (secondary N) is 2. The molecule has 4 N–H and O–H groups in total. The number of amides is 1. The average Bonchev–Trinajstić information content (AvgIpc) is 2.36. The first kappa shape index (κ1) is 22.9. The number of benzene rings is 1. The molecule has 24 heavy (non-hydrogen) atoms. The maximum absolute atomic E-state index is 12.3. The van der Waals surface area contributed by atoms with Gasteiger partial charge >= 0.3 is 0 Å². The third-order valence-corrected chi connectivity index (χ3v) is 4.89. The van der Waals surface area contributed by atoms with Crippen LogP contribution in [-0.2, 0) is 14.8 Å². The molecule has 1 atom stereocenters. The van der Waals surface area contributed by atoms with Crippen LogP contribution in [0.15, 0.2) is 29.2 Å². The first-order valence-corrected chi connectivity index (χ1v) is 9.10. The Bertz CT molecular complexity index is 667.